The van der Waals surface area contributed by atoms with Gasteiger partial charge >= 0.3 is 0 Å². The van der Waals surface area contributed by atoms with Gasteiger partial charge in [0.25, 0.3) is 0 Å². The first kappa shape index (κ1) is 8.42. The third-order valence-electron chi connectivity index (χ3n) is 0.935. The lowest BCUT2D eigenvalue weighted by Crippen LogP contribution is -2.32. The van der Waals surface area contributed by atoms with E-state index in [0.29, 0.717) is 0 Å². The molecule has 0 saturated heterocycles. The predicted octanol–water partition coefficient (Wildman–Crippen LogP) is -0.0691. The average Bonchev–Trinajstić information content (AvgIpc) is 2.37. The van der Waals surface area contributed by atoms with Gasteiger partial charge in [-0.15, -0.1) is 11.6 Å². The quantitative estimate of drug-likeness (QED) is 0.592. The molecule has 0 aromatic carbocycles. The van der Waals surface area contributed by atoms with Crippen LogP contribution in [0.4, 0.5) is 0 Å². The molecule has 1 aliphatic rings. The van der Waals surface area contributed by atoms with Crippen LogP contribution in [0.15, 0.2) is 16.6 Å². The monoisotopic (exact) mass is 192 g/mol. The summed E-state index contributed by atoms with van der Waals surface area (Å²) in [5.41, 5.74) is 0. The number of alkyl halides is 1. The van der Waals surface area contributed by atoms with Gasteiger partial charge in [0.15, 0.2) is 0 Å². The molecule has 0 fully saturated rings. The summed E-state index contributed by atoms with van der Waals surface area (Å²) in [5, 5.41) is 3.82. The van der Waals surface area contributed by atoms with Gasteiger partial charge in [0, 0.05) is 11.6 Å². The summed E-state index contributed by atoms with van der Waals surface area (Å²) >= 11 is 5.19. The van der Waals surface area contributed by atoms with Crippen LogP contribution in [0, 0.1) is 0 Å². The van der Waals surface area contributed by atoms with Gasteiger partial charge in [0.2, 0.25) is 11.1 Å². The van der Waals surface area contributed by atoms with E-state index in [1.54, 1.807) is 0 Å². The summed E-state index contributed by atoms with van der Waals surface area (Å²) in [6.07, 6.45) is 1.37. The number of hydrogen-bond donors (Lipinski definition) is 1. The Hall–Kier alpha value is -0.680. The fraction of sp³-hybridized carbons (Fsp3) is 0.200. The molecule has 0 aromatic rings. The Morgan fingerprint density at radius 3 is 3.00 bits per heavy atom. The van der Waals surface area contributed by atoms with Gasteiger partial charge in [-0.3, -0.25) is 4.79 Å². The van der Waals surface area contributed by atoms with Crippen molar-refractivity contribution >= 4 is 33.5 Å². The Balaban J connectivity index is 2.52. The Labute approximate surface area is 70.8 Å². The molecule has 0 radical (unpaired) electrons. The Kier molecular flexibility index (Phi) is 2.78. The van der Waals surface area contributed by atoms with Crippen LogP contribution in [-0.4, -0.2) is 21.2 Å². The zero-order valence-electron chi connectivity index (χ0n) is 5.41. The van der Waals surface area contributed by atoms with Crippen molar-refractivity contribution in [3.63, 3.8) is 0 Å². The standard InChI is InChI=1S/C5H5ClN2O2S/c6-3-4(9)8-5-7-1-2-11(5)10/h1-2H,3H2,(H,7,8,9). The van der Waals surface area contributed by atoms with Gasteiger partial charge in [0.1, 0.15) is 16.7 Å². The molecular weight excluding hydrogens is 188 g/mol. The molecule has 11 heavy (non-hydrogen) atoms. The summed E-state index contributed by atoms with van der Waals surface area (Å²) in [4.78, 5) is 14.3. The summed E-state index contributed by atoms with van der Waals surface area (Å²) in [7, 11) is -1.30. The number of hydrogen-bond acceptors (Lipinski definition) is 3. The first-order chi connectivity index (χ1) is 5.24. The van der Waals surface area contributed by atoms with Crippen LogP contribution in [-0.2, 0) is 15.6 Å². The van der Waals surface area contributed by atoms with E-state index in [1.807, 2.05) is 0 Å². The fourth-order valence-electron chi connectivity index (χ4n) is 0.505. The lowest BCUT2D eigenvalue weighted by molar-refractivity contribution is -0.117. The number of nitrogens with zero attached hydrogens (tertiary/aromatic N) is 1. The predicted molar refractivity (Wildman–Crippen MR) is 43.6 cm³/mol. The first-order valence-corrected chi connectivity index (χ1v) is 4.49. The molecule has 1 rings (SSSR count). The van der Waals surface area contributed by atoms with Gasteiger partial charge < -0.3 is 5.32 Å². The van der Waals surface area contributed by atoms with Crippen LogP contribution in [0.3, 0.4) is 0 Å². The SMILES string of the molecule is O=C(CCl)NC1=NC=CS1=O. The highest BCUT2D eigenvalue weighted by atomic mass is 35.5. The summed E-state index contributed by atoms with van der Waals surface area (Å²) in [5.74, 6) is -0.557. The van der Waals surface area contributed by atoms with Crippen molar-refractivity contribution in [2.45, 2.75) is 0 Å². The van der Waals surface area contributed by atoms with Gasteiger partial charge in [0.05, 0.1) is 0 Å². The third kappa shape index (κ3) is 2.13. The number of carbonyl (C=O) groups is 1. The Morgan fingerprint density at radius 1 is 1.82 bits per heavy atom. The molecule has 0 spiro atoms. The van der Waals surface area contributed by atoms with Crippen molar-refractivity contribution in [3.8, 4) is 0 Å². The second kappa shape index (κ2) is 3.64. The molecule has 1 N–H and O–H groups in total. The van der Waals surface area contributed by atoms with Crippen LogP contribution >= 0.6 is 11.6 Å². The molecule has 60 valence electrons. The van der Waals surface area contributed by atoms with E-state index in [4.69, 9.17) is 11.6 Å². The van der Waals surface area contributed by atoms with Crippen molar-refractivity contribution in [3.05, 3.63) is 11.6 Å². The highest BCUT2D eigenvalue weighted by Crippen LogP contribution is 1.97. The van der Waals surface area contributed by atoms with E-state index in [9.17, 15) is 9.00 Å². The highest BCUT2D eigenvalue weighted by molar-refractivity contribution is 8.03. The number of aliphatic imine (C=N–C) groups is 1. The molecule has 0 saturated carbocycles. The van der Waals surface area contributed by atoms with Crippen molar-refractivity contribution in [1.29, 1.82) is 0 Å². The maximum Gasteiger partial charge on any atom is 0.240 e. The normalized spacial score (nSPS) is 21.5. The molecule has 4 nitrogen and oxygen atoms in total. The number of nitrogens with one attached hydrogen (secondary N) is 1. The number of amides is 1. The lowest BCUT2D eigenvalue weighted by atomic mass is 10.7. The molecule has 1 heterocycles. The maximum atomic E-state index is 10.9. The second-order valence-electron chi connectivity index (χ2n) is 1.70. The Morgan fingerprint density at radius 2 is 2.55 bits per heavy atom. The highest BCUT2D eigenvalue weighted by Gasteiger charge is 2.12. The van der Waals surface area contributed by atoms with Crippen LogP contribution in [0.25, 0.3) is 0 Å². The molecule has 1 aliphatic heterocycles. The topological polar surface area (TPSA) is 58.5 Å². The van der Waals surface area contributed by atoms with E-state index in [-0.39, 0.29) is 11.0 Å². The minimum Gasteiger partial charge on any atom is -0.302 e. The molecule has 1 amide bonds. The molecule has 0 aromatic heterocycles. The van der Waals surface area contributed by atoms with E-state index in [2.05, 4.69) is 10.3 Å². The largest absolute Gasteiger partial charge is 0.302 e. The molecule has 0 bridgehead atoms. The number of halogens is 1. The molecule has 0 aliphatic carbocycles. The van der Waals surface area contributed by atoms with Gasteiger partial charge in [-0.25, -0.2) is 9.20 Å². The molecule has 1 unspecified atom stereocenters. The van der Waals surface area contributed by atoms with Crippen LogP contribution in [0.5, 0.6) is 0 Å². The van der Waals surface area contributed by atoms with Crippen LogP contribution in [0.1, 0.15) is 0 Å². The van der Waals surface area contributed by atoms with Crippen molar-refractivity contribution in [2.75, 3.05) is 5.88 Å². The molecular formula is C5H5ClN2O2S. The van der Waals surface area contributed by atoms with E-state index in [0.717, 1.165) is 0 Å². The second-order valence-corrected chi connectivity index (χ2v) is 3.22. The van der Waals surface area contributed by atoms with Crippen molar-refractivity contribution < 1.29 is 9.00 Å². The summed E-state index contributed by atoms with van der Waals surface area (Å²) < 4.78 is 10.9. The minimum absolute atomic E-state index is 0.149. The van der Waals surface area contributed by atoms with Crippen LogP contribution in [0.2, 0.25) is 0 Å². The Bertz CT molecular complexity index is 261. The van der Waals surface area contributed by atoms with Gasteiger partial charge in [-0.2, -0.15) is 0 Å². The number of carbonyl (C=O) groups excluding carboxylic acids is 1. The van der Waals surface area contributed by atoms with E-state index < -0.39 is 16.7 Å². The fourth-order valence-corrected chi connectivity index (χ4v) is 1.25. The smallest absolute Gasteiger partial charge is 0.240 e. The number of amidine groups is 1. The van der Waals surface area contributed by atoms with E-state index in [1.165, 1.54) is 11.6 Å². The van der Waals surface area contributed by atoms with Gasteiger partial charge in [-0.05, 0) is 0 Å². The van der Waals surface area contributed by atoms with E-state index >= 15 is 0 Å². The van der Waals surface area contributed by atoms with Crippen molar-refractivity contribution in [2.24, 2.45) is 4.99 Å². The molecule has 6 heteroatoms. The van der Waals surface area contributed by atoms with Gasteiger partial charge in [-0.1, -0.05) is 0 Å². The third-order valence-corrected chi connectivity index (χ3v) is 2.13. The minimum atomic E-state index is -1.30. The first-order valence-electron chi connectivity index (χ1n) is 2.75. The van der Waals surface area contributed by atoms with Crippen molar-refractivity contribution in [1.82, 2.24) is 5.32 Å². The van der Waals surface area contributed by atoms with Crippen LogP contribution < -0.4 is 5.32 Å². The average molecular weight is 193 g/mol. The number of rotatable bonds is 1. The zero-order chi connectivity index (χ0) is 8.27. The molecule has 1 atom stereocenters. The lowest BCUT2D eigenvalue weighted by Gasteiger charge is -1.98. The maximum absolute atomic E-state index is 10.9. The summed E-state index contributed by atoms with van der Waals surface area (Å²) in [6, 6.07) is 0. The zero-order valence-corrected chi connectivity index (χ0v) is 6.98. The summed E-state index contributed by atoms with van der Waals surface area (Å²) in [6.45, 7) is 0.